The van der Waals surface area contributed by atoms with Gasteiger partial charge in [0.2, 0.25) is 0 Å². The van der Waals surface area contributed by atoms with Crippen LogP contribution in [-0.4, -0.2) is 22.9 Å². The number of fused-ring (bicyclic) bond motifs is 1. The van der Waals surface area contributed by atoms with E-state index in [4.69, 9.17) is 4.55 Å². The van der Waals surface area contributed by atoms with Gasteiger partial charge < -0.3 is 4.98 Å². The van der Waals surface area contributed by atoms with Gasteiger partial charge in [0.15, 0.2) is 0 Å². The fourth-order valence-electron chi connectivity index (χ4n) is 1.93. The Morgan fingerprint density at radius 3 is 2.78 bits per heavy atom. The Kier molecular flexibility index (Phi) is 3.68. The van der Waals surface area contributed by atoms with Crippen molar-refractivity contribution in [3.05, 3.63) is 24.0 Å². The molecule has 1 aromatic heterocycles. The van der Waals surface area contributed by atoms with Gasteiger partial charge in [-0.3, -0.25) is 4.55 Å². The highest BCUT2D eigenvalue weighted by Gasteiger charge is 2.16. The first kappa shape index (κ1) is 13.0. The predicted octanol–water partition coefficient (Wildman–Crippen LogP) is 2.54. The molecule has 2 rings (SSSR count). The van der Waals surface area contributed by atoms with Crippen LogP contribution in [0.4, 0.5) is 0 Å². The van der Waals surface area contributed by atoms with Gasteiger partial charge in [0.25, 0.3) is 10.1 Å². The number of imidazole rings is 1. The SMILES string of the molecule is CCCCCc1nc2c(S(=O)(=O)O)cccc2[nH]1. The highest BCUT2D eigenvalue weighted by Crippen LogP contribution is 2.21. The van der Waals surface area contributed by atoms with Gasteiger partial charge in [-0.05, 0) is 18.6 Å². The second-order valence-corrected chi connectivity index (χ2v) is 5.66. The van der Waals surface area contributed by atoms with Crippen LogP contribution in [0, 0.1) is 0 Å². The molecule has 0 aliphatic carbocycles. The summed E-state index contributed by atoms with van der Waals surface area (Å²) in [6.45, 7) is 2.12. The van der Waals surface area contributed by atoms with Crippen LogP contribution in [-0.2, 0) is 16.5 Å². The Hall–Kier alpha value is -1.40. The van der Waals surface area contributed by atoms with Gasteiger partial charge in [-0.2, -0.15) is 8.42 Å². The van der Waals surface area contributed by atoms with Crippen molar-refractivity contribution in [1.29, 1.82) is 0 Å². The van der Waals surface area contributed by atoms with Gasteiger partial charge in [0.1, 0.15) is 16.2 Å². The molecular formula is C12H16N2O3S. The standard InChI is InChI=1S/C12H16N2O3S/c1-2-3-4-8-11-13-9-6-5-7-10(12(9)14-11)18(15,16)17/h5-7H,2-4,8H2,1H3,(H,13,14)(H,15,16,17). The first-order valence-electron chi connectivity index (χ1n) is 5.97. The van der Waals surface area contributed by atoms with Gasteiger partial charge in [0, 0.05) is 6.42 Å². The quantitative estimate of drug-likeness (QED) is 0.644. The summed E-state index contributed by atoms with van der Waals surface area (Å²) < 4.78 is 31.6. The Bertz CT molecular complexity index is 646. The molecule has 18 heavy (non-hydrogen) atoms. The van der Waals surface area contributed by atoms with E-state index in [1.165, 1.54) is 6.07 Å². The lowest BCUT2D eigenvalue weighted by Crippen LogP contribution is -1.98. The van der Waals surface area contributed by atoms with Crippen molar-refractivity contribution in [2.45, 2.75) is 37.5 Å². The zero-order chi connectivity index (χ0) is 13.2. The third-order valence-corrected chi connectivity index (χ3v) is 3.71. The number of aromatic amines is 1. The third kappa shape index (κ3) is 2.70. The Balaban J connectivity index is 2.39. The third-order valence-electron chi connectivity index (χ3n) is 2.82. The lowest BCUT2D eigenvalue weighted by Gasteiger charge is -1.96. The van der Waals surface area contributed by atoms with E-state index in [2.05, 4.69) is 16.9 Å². The number of H-pyrrole nitrogens is 1. The number of aryl methyl sites for hydroxylation is 1. The maximum Gasteiger partial charge on any atom is 0.296 e. The molecule has 0 aliphatic rings. The number of nitrogens with zero attached hydrogens (tertiary/aromatic N) is 1. The van der Waals surface area contributed by atoms with E-state index >= 15 is 0 Å². The zero-order valence-corrected chi connectivity index (χ0v) is 11.0. The summed E-state index contributed by atoms with van der Waals surface area (Å²) in [4.78, 5) is 7.20. The first-order valence-corrected chi connectivity index (χ1v) is 7.41. The molecule has 1 heterocycles. The summed E-state index contributed by atoms with van der Waals surface area (Å²) in [5.41, 5.74) is 0.947. The summed E-state index contributed by atoms with van der Waals surface area (Å²) in [6, 6.07) is 4.69. The maximum absolute atomic E-state index is 11.2. The van der Waals surface area contributed by atoms with Gasteiger partial charge in [-0.25, -0.2) is 4.98 Å². The van der Waals surface area contributed by atoms with Gasteiger partial charge >= 0.3 is 0 Å². The van der Waals surface area contributed by atoms with Crippen LogP contribution in [0.2, 0.25) is 0 Å². The van der Waals surface area contributed by atoms with Gasteiger partial charge in [-0.1, -0.05) is 25.8 Å². The van der Waals surface area contributed by atoms with E-state index in [1.54, 1.807) is 12.1 Å². The predicted molar refractivity (Wildman–Crippen MR) is 69.1 cm³/mol. The van der Waals surface area contributed by atoms with Crippen LogP contribution in [0.1, 0.15) is 32.0 Å². The monoisotopic (exact) mass is 268 g/mol. The molecule has 0 fully saturated rings. The van der Waals surface area contributed by atoms with E-state index in [0.29, 0.717) is 11.0 Å². The Morgan fingerprint density at radius 2 is 2.11 bits per heavy atom. The Labute approximate surface area is 106 Å². The van der Waals surface area contributed by atoms with Crippen LogP contribution >= 0.6 is 0 Å². The van der Waals surface area contributed by atoms with Crippen molar-refractivity contribution in [3.63, 3.8) is 0 Å². The summed E-state index contributed by atoms with van der Waals surface area (Å²) in [7, 11) is -4.22. The molecule has 0 saturated carbocycles. The molecule has 98 valence electrons. The van der Waals surface area contributed by atoms with Crippen LogP contribution < -0.4 is 0 Å². The lowest BCUT2D eigenvalue weighted by atomic mass is 10.2. The van der Waals surface area contributed by atoms with E-state index in [9.17, 15) is 8.42 Å². The van der Waals surface area contributed by atoms with Crippen LogP contribution in [0.15, 0.2) is 23.1 Å². The molecule has 0 spiro atoms. The molecule has 6 heteroatoms. The number of hydrogen-bond acceptors (Lipinski definition) is 3. The van der Waals surface area contributed by atoms with E-state index in [0.717, 1.165) is 31.5 Å². The summed E-state index contributed by atoms with van der Waals surface area (Å²) in [5, 5.41) is 0. The topological polar surface area (TPSA) is 83.1 Å². The molecule has 0 atom stereocenters. The molecule has 0 amide bonds. The number of para-hydroxylation sites is 1. The van der Waals surface area contributed by atoms with E-state index in [1.807, 2.05) is 0 Å². The average Bonchev–Trinajstić information content (AvgIpc) is 2.70. The van der Waals surface area contributed by atoms with Crippen molar-refractivity contribution in [3.8, 4) is 0 Å². The first-order chi connectivity index (χ1) is 8.52. The average molecular weight is 268 g/mol. The van der Waals surface area contributed by atoms with Crippen LogP contribution in [0.5, 0.6) is 0 Å². The molecule has 2 N–H and O–H groups in total. The van der Waals surface area contributed by atoms with Crippen molar-refractivity contribution in [1.82, 2.24) is 9.97 Å². The second kappa shape index (κ2) is 5.07. The van der Waals surface area contributed by atoms with Crippen LogP contribution in [0.25, 0.3) is 11.0 Å². The molecule has 0 unspecified atom stereocenters. The molecular weight excluding hydrogens is 252 g/mol. The summed E-state index contributed by atoms with van der Waals surface area (Å²) in [5.74, 6) is 0.759. The van der Waals surface area contributed by atoms with Crippen molar-refractivity contribution < 1.29 is 13.0 Å². The molecule has 0 bridgehead atoms. The number of nitrogens with one attached hydrogen (secondary N) is 1. The number of unbranched alkanes of at least 4 members (excludes halogenated alkanes) is 2. The molecule has 1 aromatic carbocycles. The van der Waals surface area contributed by atoms with E-state index < -0.39 is 10.1 Å². The molecule has 0 aliphatic heterocycles. The van der Waals surface area contributed by atoms with Gasteiger partial charge in [-0.15, -0.1) is 0 Å². The highest BCUT2D eigenvalue weighted by atomic mass is 32.2. The largest absolute Gasteiger partial charge is 0.342 e. The maximum atomic E-state index is 11.2. The van der Waals surface area contributed by atoms with Crippen molar-refractivity contribution >= 4 is 21.2 Å². The number of benzene rings is 1. The second-order valence-electron chi connectivity index (χ2n) is 4.27. The summed E-state index contributed by atoms with van der Waals surface area (Å²) >= 11 is 0. The minimum Gasteiger partial charge on any atom is -0.342 e. The number of aromatic nitrogens is 2. The van der Waals surface area contributed by atoms with E-state index in [-0.39, 0.29) is 4.90 Å². The van der Waals surface area contributed by atoms with Crippen LogP contribution in [0.3, 0.4) is 0 Å². The minimum absolute atomic E-state index is 0.141. The minimum atomic E-state index is -4.22. The molecule has 0 saturated heterocycles. The lowest BCUT2D eigenvalue weighted by molar-refractivity contribution is 0.484. The fraction of sp³-hybridized carbons (Fsp3) is 0.417. The molecule has 0 radical (unpaired) electrons. The molecule has 2 aromatic rings. The van der Waals surface area contributed by atoms with Gasteiger partial charge in [0.05, 0.1) is 5.52 Å². The number of hydrogen-bond donors (Lipinski definition) is 2. The highest BCUT2D eigenvalue weighted by molar-refractivity contribution is 7.86. The van der Waals surface area contributed by atoms with Crippen molar-refractivity contribution in [2.75, 3.05) is 0 Å². The fourth-order valence-corrected chi connectivity index (χ4v) is 2.58. The van der Waals surface area contributed by atoms with Crippen molar-refractivity contribution in [2.24, 2.45) is 0 Å². The number of rotatable bonds is 5. The summed E-state index contributed by atoms with van der Waals surface area (Å²) in [6.07, 6.45) is 4.03. The smallest absolute Gasteiger partial charge is 0.296 e. The zero-order valence-electron chi connectivity index (χ0n) is 10.2. The normalized spacial score (nSPS) is 12.1. The Morgan fingerprint density at radius 1 is 1.33 bits per heavy atom. The molecule has 5 nitrogen and oxygen atoms in total.